The van der Waals surface area contributed by atoms with Crippen LogP contribution in [0.5, 0.6) is 0 Å². The Bertz CT molecular complexity index is 566. The Morgan fingerprint density at radius 1 is 1.48 bits per heavy atom. The molecule has 0 bridgehead atoms. The predicted molar refractivity (Wildman–Crippen MR) is 73.3 cm³/mol. The Hall–Kier alpha value is -1.10. The van der Waals surface area contributed by atoms with Gasteiger partial charge < -0.3 is 26.8 Å². The lowest BCUT2D eigenvalue weighted by Gasteiger charge is -2.47. The Morgan fingerprint density at radius 3 is 3.14 bits per heavy atom. The number of cyclic esters (lactones) is 1. The smallest absolute Gasteiger partial charge is 0.310 e. The minimum atomic E-state index is -0.0749. The average molecular weight is 310 g/mol. The van der Waals surface area contributed by atoms with Crippen LogP contribution in [0.4, 0.5) is 0 Å². The number of carbonyl (C=O) groups excluding carboxylic acids is 1. The first-order chi connectivity index (χ1) is 9.74. The molecule has 3 heterocycles. The Morgan fingerprint density at radius 2 is 2.33 bits per heavy atom. The number of hydrogen-bond donors (Lipinski definition) is 1. The van der Waals surface area contributed by atoms with Crippen molar-refractivity contribution in [2.24, 2.45) is 0 Å². The number of ether oxygens (including phenoxy) is 2. The molecule has 4 aliphatic rings. The summed E-state index contributed by atoms with van der Waals surface area (Å²) in [6, 6.07) is 0. The second-order valence-corrected chi connectivity index (χ2v) is 6.13. The number of methoxy groups -OCH3 is 1. The van der Waals surface area contributed by atoms with Crippen LogP contribution in [0.3, 0.4) is 0 Å². The van der Waals surface area contributed by atoms with Crippen LogP contribution in [0.2, 0.25) is 0 Å². The number of carbonyl (C=O) groups is 1. The molecule has 4 nitrogen and oxygen atoms in total. The molecular formula is C16H20ClNO3. The second-order valence-electron chi connectivity index (χ2n) is 6.13. The van der Waals surface area contributed by atoms with Crippen molar-refractivity contribution in [2.45, 2.75) is 30.9 Å². The fourth-order valence-corrected chi connectivity index (χ4v) is 4.38. The number of halogens is 1. The highest BCUT2D eigenvalue weighted by atomic mass is 35.5. The van der Waals surface area contributed by atoms with E-state index in [0.717, 1.165) is 25.9 Å². The molecular weight excluding hydrogens is 290 g/mol. The highest BCUT2D eigenvalue weighted by molar-refractivity contribution is 5.76. The molecule has 0 aromatic carbocycles. The van der Waals surface area contributed by atoms with E-state index < -0.39 is 0 Å². The van der Waals surface area contributed by atoms with Crippen LogP contribution in [-0.2, 0) is 14.3 Å². The lowest BCUT2D eigenvalue weighted by molar-refractivity contribution is -0.932. The van der Waals surface area contributed by atoms with Crippen LogP contribution in [0.1, 0.15) is 19.3 Å². The number of hydrogen-bond acceptors (Lipinski definition) is 3. The second kappa shape index (κ2) is 5.27. The zero-order chi connectivity index (χ0) is 13.7. The maximum atomic E-state index is 11.8. The van der Waals surface area contributed by atoms with Gasteiger partial charge in [0.25, 0.3) is 0 Å². The van der Waals surface area contributed by atoms with Gasteiger partial charge in [-0.15, -0.1) is 0 Å². The first-order valence-corrected chi connectivity index (χ1v) is 7.38. The molecule has 1 aliphatic carbocycles. The van der Waals surface area contributed by atoms with Crippen LogP contribution >= 0.6 is 0 Å². The van der Waals surface area contributed by atoms with Crippen LogP contribution in [-0.4, -0.2) is 44.4 Å². The summed E-state index contributed by atoms with van der Waals surface area (Å²) in [6.07, 6.45) is 9.31. The summed E-state index contributed by atoms with van der Waals surface area (Å²) in [7, 11) is 1.77. The molecule has 3 atom stereocenters. The van der Waals surface area contributed by atoms with Gasteiger partial charge in [0, 0.05) is 31.1 Å². The van der Waals surface area contributed by atoms with Crippen molar-refractivity contribution in [3.05, 3.63) is 34.9 Å². The van der Waals surface area contributed by atoms with E-state index in [2.05, 4.69) is 18.2 Å². The van der Waals surface area contributed by atoms with Crippen molar-refractivity contribution < 1.29 is 31.6 Å². The lowest BCUT2D eigenvalue weighted by atomic mass is 9.69. The Kier molecular flexibility index (Phi) is 3.72. The van der Waals surface area contributed by atoms with Gasteiger partial charge in [-0.1, -0.05) is 12.2 Å². The van der Waals surface area contributed by atoms with E-state index in [0.29, 0.717) is 13.0 Å². The Labute approximate surface area is 130 Å². The maximum absolute atomic E-state index is 11.8. The molecule has 5 heteroatoms. The summed E-state index contributed by atoms with van der Waals surface area (Å²) in [5.74, 6) is -0.0749. The van der Waals surface area contributed by atoms with Crippen molar-refractivity contribution in [1.82, 2.24) is 0 Å². The lowest BCUT2D eigenvalue weighted by Crippen LogP contribution is -3.20. The standard InChI is InChI=1S/C16H19NO3.ClH/c1-19-13-3-2-12-5-7-17-6-4-11-10-20-15(18)8-14(11)16(12,17)9-13;/h2-3,5,13H,4,6-10H2,1H3;1H. The van der Waals surface area contributed by atoms with Crippen LogP contribution in [0.25, 0.3) is 0 Å². The van der Waals surface area contributed by atoms with Crippen LogP contribution < -0.4 is 17.3 Å². The van der Waals surface area contributed by atoms with E-state index in [-0.39, 0.29) is 30.0 Å². The molecule has 21 heavy (non-hydrogen) atoms. The molecule has 0 radical (unpaired) electrons. The van der Waals surface area contributed by atoms with Gasteiger partial charge in [-0.05, 0) is 11.6 Å². The molecule has 0 saturated heterocycles. The predicted octanol–water partition coefficient (Wildman–Crippen LogP) is -2.82. The van der Waals surface area contributed by atoms with E-state index in [4.69, 9.17) is 9.47 Å². The quantitative estimate of drug-likeness (QED) is 0.419. The van der Waals surface area contributed by atoms with Crippen LogP contribution in [0.15, 0.2) is 34.9 Å². The molecule has 0 saturated carbocycles. The first-order valence-electron chi connectivity index (χ1n) is 7.38. The zero-order valence-corrected chi connectivity index (χ0v) is 12.9. The summed E-state index contributed by atoms with van der Waals surface area (Å²) >= 11 is 0. The van der Waals surface area contributed by atoms with Crippen molar-refractivity contribution in [3.63, 3.8) is 0 Å². The highest BCUT2D eigenvalue weighted by Crippen LogP contribution is 2.42. The van der Waals surface area contributed by atoms with Crippen molar-refractivity contribution in [2.75, 3.05) is 26.8 Å². The van der Waals surface area contributed by atoms with E-state index in [1.807, 2.05) is 0 Å². The van der Waals surface area contributed by atoms with Gasteiger partial charge in [-0.3, -0.25) is 4.79 Å². The van der Waals surface area contributed by atoms with E-state index in [9.17, 15) is 4.79 Å². The van der Waals surface area contributed by atoms with Gasteiger partial charge in [0.15, 0.2) is 0 Å². The van der Waals surface area contributed by atoms with Gasteiger partial charge >= 0.3 is 5.97 Å². The largest absolute Gasteiger partial charge is 1.00 e. The van der Waals surface area contributed by atoms with E-state index in [1.54, 1.807) is 12.0 Å². The van der Waals surface area contributed by atoms with Gasteiger partial charge in [-0.25, -0.2) is 0 Å². The summed E-state index contributed by atoms with van der Waals surface area (Å²) in [5, 5.41) is 0. The topological polar surface area (TPSA) is 40.0 Å². The molecule has 0 aromatic rings. The summed E-state index contributed by atoms with van der Waals surface area (Å²) < 4.78 is 10.8. The minimum Gasteiger partial charge on any atom is -1.00 e. The Balaban J connectivity index is 0.00000132. The monoisotopic (exact) mass is 309 g/mol. The summed E-state index contributed by atoms with van der Waals surface area (Å²) in [6.45, 7) is 2.68. The summed E-state index contributed by atoms with van der Waals surface area (Å²) in [4.78, 5) is 13.4. The molecule has 1 spiro atoms. The van der Waals surface area contributed by atoms with Gasteiger partial charge in [0.2, 0.25) is 0 Å². The molecule has 0 aromatic heterocycles. The number of quaternary nitrogens is 1. The third-order valence-electron chi connectivity index (χ3n) is 5.36. The molecule has 4 rings (SSSR count). The maximum Gasteiger partial charge on any atom is 0.310 e. The summed E-state index contributed by atoms with van der Waals surface area (Å²) in [5.41, 5.74) is 4.03. The minimum absolute atomic E-state index is 0. The highest BCUT2D eigenvalue weighted by Gasteiger charge is 2.56. The van der Waals surface area contributed by atoms with Gasteiger partial charge in [-0.2, -0.15) is 0 Å². The normalized spacial score (nSPS) is 37.0. The molecule has 0 fully saturated rings. The van der Waals surface area contributed by atoms with E-state index in [1.165, 1.54) is 16.7 Å². The molecule has 3 unspecified atom stereocenters. The number of rotatable bonds is 1. The molecule has 1 N–H and O–H groups in total. The van der Waals surface area contributed by atoms with E-state index >= 15 is 0 Å². The van der Waals surface area contributed by atoms with Gasteiger partial charge in [0.1, 0.15) is 12.1 Å². The number of nitrogens with one attached hydrogen (secondary N) is 1. The molecule has 0 amide bonds. The fraction of sp³-hybridized carbons (Fsp3) is 0.562. The fourth-order valence-electron chi connectivity index (χ4n) is 4.38. The molecule has 3 aliphatic heterocycles. The third kappa shape index (κ3) is 2.00. The average Bonchev–Trinajstić information content (AvgIpc) is 2.86. The van der Waals surface area contributed by atoms with Crippen molar-refractivity contribution in [1.29, 1.82) is 0 Å². The molecule has 114 valence electrons. The third-order valence-corrected chi connectivity index (χ3v) is 5.36. The number of esters is 1. The van der Waals surface area contributed by atoms with Gasteiger partial charge in [0.05, 0.1) is 25.6 Å². The zero-order valence-electron chi connectivity index (χ0n) is 12.2. The van der Waals surface area contributed by atoms with Crippen molar-refractivity contribution >= 4 is 5.97 Å². The SMILES string of the molecule is COC1C=CC2=CC[NH+]3CCC4=C(CC(=O)OC4)C23C1.[Cl-]. The van der Waals surface area contributed by atoms with Crippen molar-refractivity contribution in [3.8, 4) is 0 Å². The first kappa shape index (κ1) is 14.8. The van der Waals surface area contributed by atoms with Crippen LogP contribution in [0, 0.1) is 0 Å².